The lowest BCUT2D eigenvalue weighted by Crippen LogP contribution is -2.10. The number of benzene rings is 2. The van der Waals surface area contributed by atoms with Gasteiger partial charge in [-0.2, -0.15) is 5.32 Å². The molecule has 18 heavy (non-hydrogen) atoms. The molecule has 2 amide bonds. The average Bonchev–Trinajstić information content (AvgIpc) is 2.87. The molecule has 85 valence electrons. The molecule has 4 heteroatoms. The quantitative estimate of drug-likeness (QED) is 0.607. The van der Waals surface area contributed by atoms with Gasteiger partial charge >= 0.3 is 0 Å². The number of aromatic amines is 1. The Morgan fingerprint density at radius 1 is 0.889 bits per heavy atom. The normalized spacial score (nSPS) is 14.2. The lowest BCUT2D eigenvalue weighted by Gasteiger charge is -1.97. The van der Waals surface area contributed by atoms with E-state index in [1.54, 1.807) is 6.07 Å². The number of H-pyrrole nitrogens is 1. The first-order valence-electron chi connectivity index (χ1n) is 5.59. The molecule has 1 radical (unpaired) electrons. The van der Waals surface area contributed by atoms with E-state index in [4.69, 9.17) is 0 Å². The van der Waals surface area contributed by atoms with E-state index in [0.717, 1.165) is 21.8 Å². The van der Waals surface area contributed by atoms with Crippen LogP contribution in [-0.4, -0.2) is 16.8 Å². The molecule has 0 bridgehead atoms. The molecule has 2 heterocycles. The smallest absolute Gasteiger partial charge is 0.281 e. The molecule has 0 saturated heterocycles. The maximum absolute atomic E-state index is 11.8. The predicted molar refractivity (Wildman–Crippen MR) is 66.6 cm³/mol. The zero-order chi connectivity index (χ0) is 12.3. The number of amides is 2. The van der Waals surface area contributed by atoms with Crippen LogP contribution in [0.1, 0.15) is 20.7 Å². The van der Waals surface area contributed by atoms with Crippen LogP contribution in [0.3, 0.4) is 0 Å². The zero-order valence-corrected chi connectivity index (χ0v) is 9.23. The minimum absolute atomic E-state index is 0.400. The SMILES string of the molecule is O=C1[N]C(=O)c2c1ccc1[nH]c3ccccc3c21. The van der Waals surface area contributed by atoms with Gasteiger partial charge in [0.2, 0.25) is 0 Å². The number of nitrogens with zero attached hydrogens (tertiary/aromatic N) is 1. The van der Waals surface area contributed by atoms with Gasteiger partial charge in [-0.15, -0.1) is 0 Å². The molecule has 2 aromatic carbocycles. The van der Waals surface area contributed by atoms with Crippen LogP contribution in [0.2, 0.25) is 0 Å². The molecule has 4 nitrogen and oxygen atoms in total. The lowest BCUT2D eigenvalue weighted by molar-refractivity contribution is 0.0874. The van der Waals surface area contributed by atoms with E-state index < -0.39 is 11.8 Å². The molecule has 4 rings (SSSR count). The molecule has 1 aromatic heterocycles. The maximum atomic E-state index is 11.8. The second-order valence-corrected chi connectivity index (χ2v) is 4.30. The van der Waals surface area contributed by atoms with Gasteiger partial charge in [0.1, 0.15) is 0 Å². The number of carbonyl (C=O) groups is 2. The van der Waals surface area contributed by atoms with Gasteiger partial charge in [0.05, 0.1) is 11.1 Å². The summed E-state index contributed by atoms with van der Waals surface area (Å²) in [6.07, 6.45) is 0. The van der Waals surface area contributed by atoms with Crippen molar-refractivity contribution in [2.24, 2.45) is 0 Å². The van der Waals surface area contributed by atoms with Crippen molar-refractivity contribution in [2.45, 2.75) is 0 Å². The van der Waals surface area contributed by atoms with Gasteiger partial charge in [-0.1, -0.05) is 18.2 Å². The summed E-state index contributed by atoms with van der Waals surface area (Å²) in [5.41, 5.74) is 2.63. The standard InChI is InChI=1S/C14H7N2O2/c17-13-8-5-6-10-11(12(8)14(18)16-13)7-3-1-2-4-9(7)15-10/h1-6,15H. The monoisotopic (exact) mass is 235 g/mol. The third-order valence-corrected chi connectivity index (χ3v) is 3.32. The number of rotatable bonds is 0. The van der Waals surface area contributed by atoms with Crippen molar-refractivity contribution in [2.75, 3.05) is 0 Å². The van der Waals surface area contributed by atoms with E-state index in [-0.39, 0.29) is 0 Å². The zero-order valence-electron chi connectivity index (χ0n) is 9.23. The molecule has 0 atom stereocenters. The highest BCUT2D eigenvalue weighted by molar-refractivity contribution is 6.29. The van der Waals surface area contributed by atoms with Crippen LogP contribution in [-0.2, 0) is 0 Å². The first kappa shape index (κ1) is 9.41. The van der Waals surface area contributed by atoms with Gasteiger partial charge < -0.3 is 4.98 Å². The Bertz CT molecular complexity index is 845. The van der Waals surface area contributed by atoms with E-state index in [9.17, 15) is 9.59 Å². The Morgan fingerprint density at radius 3 is 2.61 bits per heavy atom. The van der Waals surface area contributed by atoms with Gasteiger partial charge in [-0.05, 0) is 18.2 Å². The number of nitrogens with one attached hydrogen (secondary N) is 1. The summed E-state index contributed by atoms with van der Waals surface area (Å²) in [5.74, 6) is -0.882. The predicted octanol–water partition coefficient (Wildman–Crippen LogP) is 2.22. The van der Waals surface area contributed by atoms with Gasteiger partial charge in [-0.3, -0.25) is 9.59 Å². The number of hydrogen-bond acceptors (Lipinski definition) is 2. The number of para-hydroxylation sites is 1. The average molecular weight is 235 g/mol. The van der Waals surface area contributed by atoms with Crippen molar-refractivity contribution < 1.29 is 9.59 Å². The number of carbonyl (C=O) groups excluding carboxylic acids is 2. The van der Waals surface area contributed by atoms with Crippen molar-refractivity contribution in [1.82, 2.24) is 10.3 Å². The van der Waals surface area contributed by atoms with Gasteiger partial charge in [0, 0.05) is 21.8 Å². The van der Waals surface area contributed by atoms with E-state index in [1.807, 2.05) is 30.3 Å². The molecule has 0 aliphatic carbocycles. The van der Waals surface area contributed by atoms with Crippen molar-refractivity contribution in [1.29, 1.82) is 0 Å². The molecule has 0 saturated carbocycles. The summed E-state index contributed by atoms with van der Waals surface area (Å²) >= 11 is 0. The van der Waals surface area contributed by atoms with Gasteiger partial charge in [-0.25, -0.2) is 0 Å². The third kappa shape index (κ3) is 0.996. The highest BCUT2D eigenvalue weighted by Crippen LogP contribution is 2.32. The number of imide groups is 1. The van der Waals surface area contributed by atoms with Crippen molar-refractivity contribution >= 4 is 33.6 Å². The van der Waals surface area contributed by atoms with Crippen LogP contribution in [0.25, 0.3) is 21.8 Å². The van der Waals surface area contributed by atoms with Crippen LogP contribution in [0, 0.1) is 0 Å². The minimum Gasteiger partial charge on any atom is -0.354 e. The van der Waals surface area contributed by atoms with E-state index in [2.05, 4.69) is 10.3 Å². The van der Waals surface area contributed by atoms with Crippen LogP contribution in [0.15, 0.2) is 36.4 Å². The summed E-state index contributed by atoms with van der Waals surface area (Å²) < 4.78 is 0. The fourth-order valence-electron chi connectivity index (χ4n) is 2.55. The highest BCUT2D eigenvalue weighted by atomic mass is 16.2. The van der Waals surface area contributed by atoms with Gasteiger partial charge in [0.15, 0.2) is 0 Å². The summed E-state index contributed by atoms with van der Waals surface area (Å²) in [6, 6.07) is 11.2. The van der Waals surface area contributed by atoms with E-state index in [1.165, 1.54) is 0 Å². The Labute approximate surface area is 102 Å². The number of fused-ring (bicyclic) bond motifs is 5. The van der Waals surface area contributed by atoms with Crippen molar-refractivity contribution in [3.8, 4) is 0 Å². The van der Waals surface area contributed by atoms with Crippen LogP contribution in [0.5, 0.6) is 0 Å². The largest absolute Gasteiger partial charge is 0.354 e. The summed E-state index contributed by atoms with van der Waals surface area (Å²) in [6.45, 7) is 0. The van der Waals surface area contributed by atoms with E-state index in [0.29, 0.717) is 11.1 Å². The topological polar surface area (TPSA) is 64.0 Å². The third-order valence-electron chi connectivity index (χ3n) is 3.32. The molecular formula is C14H7N2O2. The summed E-state index contributed by atoms with van der Waals surface area (Å²) in [7, 11) is 0. The number of hydrogen-bond donors (Lipinski definition) is 1. The Balaban J connectivity index is 2.29. The molecule has 1 aliphatic heterocycles. The molecule has 1 N–H and O–H groups in total. The molecule has 1 aliphatic rings. The summed E-state index contributed by atoms with van der Waals surface area (Å²) in [5, 5.41) is 5.24. The first-order chi connectivity index (χ1) is 8.75. The Kier molecular flexibility index (Phi) is 1.56. The first-order valence-corrected chi connectivity index (χ1v) is 5.59. The fraction of sp³-hybridized carbons (Fsp3) is 0. The van der Waals surface area contributed by atoms with Crippen molar-refractivity contribution in [3.63, 3.8) is 0 Å². The number of aromatic nitrogens is 1. The summed E-state index contributed by atoms with van der Waals surface area (Å²) in [4.78, 5) is 26.6. The van der Waals surface area contributed by atoms with Gasteiger partial charge in [0.25, 0.3) is 11.8 Å². The Hall–Kier alpha value is -2.62. The molecule has 0 spiro atoms. The molecule has 0 unspecified atom stereocenters. The van der Waals surface area contributed by atoms with Crippen molar-refractivity contribution in [3.05, 3.63) is 47.5 Å². The fourth-order valence-corrected chi connectivity index (χ4v) is 2.55. The molecule has 3 aromatic rings. The van der Waals surface area contributed by atoms with Crippen LogP contribution in [0.4, 0.5) is 0 Å². The lowest BCUT2D eigenvalue weighted by atomic mass is 10.0. The van der Waals surface area contributed by atoms with E-state index >= 15 is 0 Å². The maximum Gasteiger partial charge on any atom is 0.281 e. The van der Waals surface area contributed by atoms with Crippen LogP contribution >= 0.6 is 0 Å². The second kappa shape index (κ2) is 2.98. The molecular weight excluding hydrogens is 228 g/mol. The minimum atomic E-state index is -0.442. The second-order valence-electron chi connectivity index (χ2n) is 4.30. The molecule has 0 fully saturated rings. The highest BCUT2D eigenvalue weighted by Gasteiger charge is 2.31. The Morgan fingerprint density at radius 2 is 1.72 bits per heavy atom. The van der Waals surface area contributed by atoms with Crippen LogP contribution < -0.4 is 5.32 Å².